The second kappa shape index (κ2) is 12.4. The molecular formula is C31H26F3N5O3. The van der Waals surface area contributed by atoms with Gasteiger partial charge in [-0.3, -0.25) is 9.67 Å². The smallest absolute Gasteiger partial charge is 0.381 e. The number of aryl methyl sites for hydroxylation is 2. The van der Waals surface area contributed by atoms with Crippen LogP contribution in [0, 0.1) is 11.3 Å². The van der Waals surface area contributed by atoms with Crippen LogP contribution in [0.4, 0.5) is 13.2 Å². The van der Waals surface area contributed by atoms with Crippen LogP contribution in [0.25, 0.3) is 22.4 Å². The minimum atomic E-state index is -5.29. The SMILES string of the molecule is N#Cc1ccc(-c2ccc(CCNCCCn3nc4c(c3C(=O)OC(=O)C(F)(F)F)CCc3cnccc3-4)cc2)cc1. The molecule has 1 aliphatic carbocycles. The Kier molecular flexibility index (Phi) is 8.45. The van der Waals surface area contributed by atoms with Crippen molar-refractivity contribution in [3.8, 4) is 28.5 Å². The van der Waals surface area contributed by atoms with Crippen LogP contribution in [0.5, 0.6) is 0 Å². The second-order valence-electron chi connectivity index (χ2n) is 9.85. The van der Waals surface area contributed by atoms with E-state index >= 15 is 0 Å². The molecule has 0 amide bonds. The number of esters is 2. The zero-order valence-corrected chi connectivity index (χ0v) is 22.4. The number of halogens is 3. The highest BCUT2D eigenvalue weighted by Gasteiger charge is 2.43. The monoisotopic (exact) mass is 573 g/mol. The van der Waals surface area contributed by atoms with Crippen molar-refractivity contribution in [2.45, 2.75) is 38.4 Å². The number of fused-ring (bicyclic) bond motifs is 3. The fraction of sp³-hybridized carbons (Fsp3) is 0.258. The summed E-state index contributed by atoms with van der Waals surface area (Å²) in [5, 5.41) is 16.8. The summed E-state index contributed by atoms with van der Waals surface area (Å²) < 4.78 is 43.9. The van der Waals surface area contributed by atoms with Crippen molar-refractivity contribution in [3.63, 3.8) is 0 Å². The van der Waals surface area contributed by atoms with Gasteiger partial charge in [0.05, 0.1) is 17.3 Å². The maximum atomic E-state index is 12.8. The van der Waals surface area contributed by atoms with Gasteiger partial charge in [-0.1, -0.05) is 36.4 Å². The Morgan fingerprint density at radius 2 is 1.71 bits per heavy atom. The molecule has 2 aromatic carbocycles. The number of alkyl halides is 3. The van der Waals surface area contributed by atoms with E-state index in [1.807, 2.05) is 24.3 Å². The molecule has 8 nitrogen and oxygen atoms in total. The number of aromatic nitrogens is 3. The zero-order valence-electron chi connectivity index (χ0n) is 22.4. The number of hydrogen-bond acceptors (Lipinski definition) is 7. The molecule has 0 fully saturated rings. The topological polar surface area (TPSA) is 110 Å². The van der Waals surface area contributed by atoms with Gasteiger partial charge in [0, 0.05) is 30.1 Å². The van der Waals surface area contributed by atoms with Gasteiger partial charge in [-0.15, -0.1) is 0 Å². The lowest BCUT2D eigenvalue weighted by atomic mass is 9.90. The van der Waals surface area contributed by atoms with Crippen molar-refractivity contribution in [2.75, 3.05) is 13.1 Å². The number of benzene rings is 2. The summed E-state index contributed by atoms with van der Waals surface area (Å²) in [7, 11) is 0. The first-order chi connectivity index (χ1) is 20.2. The van der Waals surface area contributed by atoms with Gasteiger partial charge in [0.2, 0.25) is 0 Å². The predicted molar refractivity (Wildman–Crippen MR) is 147 cm³/mol. The van der Waals surface area contributed by atoms with Crippen LogP contribution in [0.1, 0.15) is 39.2 Å². The third-order valence-electron chi connectivity index (χ3n) is 7.08. The molecule has 0 spiro atoms. The van der Waals surface area contributed by atoms with Gasteiger partial charge < -0.3 is 10.1 Å². The van der Waals surface area contributed by atoms with E-state index in [1.165, 1.54) is 4.68 Å². The lowest BCUT2D eigenvalue weighted by molar-refractivity contribution is -0.193. The van der Waals surface area contributed by atoms with Crippen molar-refractivity contribution in [1.29, 1.82) is 5.26 Å². The first kappa shape index (κ1) is 28.7. The van der Waals surface area contributed by atoms with E-state index < -0.39 is 18.1 Å². The Morgan fingerprint density at radius 3 is 2.40 bits per heavy atom. The van der Waals surface area contributed by atoms with Gasteiger partial charge in [-0.05, 0) is 79.2 Å². The van der Waals surface area contributed by atoms with Gasteiger partial charge >= 0.3 is 18.1 Å². The van der Waals surface area contributed by atoms with E-state index in [4.69, 9.17) is 5.26 Å². The fourth-order valence-corrected chi connectivity index (χ4v) is 4.96. The van der Waals surface area contributed by atoms with Crippen LogP contribution in [0.15, 0.2) is 67.0 Å². The molecule has 0 bridgehead atoms. The van der Waals surface area contributed by atoms with Crippen LogP contribution in [0.2, 0.25) is 0 Å². The zero-order chi connectivity index (χ0) is 29.7. The predicted octanol–water partition coefficient (Wildman–Crippen LogP) is 5.05. The standard InChI is InChI=1S/C31H26F3N5O3/c32-31(33,34)30(41)42-29(40)28-26-11-10-24-19-37-16-13-25(24)27(26)38-39(28)17-1-14-36-15-12-20-2-6-22(7-3-20)23-8-4-21(18-35)5-9-23/h2-9,13,16,19,36H,1,10-12,14-15,17H2. The lowest BCUT2D eigenvalue weighted by Gasteiger charge is -2.15. The van der Waals surface area contributed by atoms with E-state index in [9.17, 15) is 22.8 Å². The highest BCUT2D eigenvalue weighted by Crippen LogP contribution is 2.34. The van der Waals surface area contributed by atoms with Gasteiger partial charge in [-0.2, -0.15) is 23.5 Å². The summed E-state index contributed by atoms with van der Waals surface area (Å²) in [5.41, 5.74) is 6.35. The van der Waals surface area contributed by atoms with E-state index in [0.717, 1.165) is 34.2 Å². The summed E-state index contributed by atoms with van der Waals surface area (Å²) in [6.45, 7) is 1.51. The van der Waals surface area contributed by atoms with E-state index in [-0.39, 0.29) is 12.2 Å². The quantitative estimate of drug-likeness (QED) is 0.170. The van der Waals surface area contributed by atoms with Crippen LogP contribution < -0.4 is 5.32 Å². The number of hydrogen-bond donors (Lipinski definition) is 1. The first-order valence-electron chi connectivity index (χ1n) is 13.4. The molecule has 0 saturated carbocycles. The number of ether oxygens (including phenoxy) is 1. The van der Waals surface area contributed by atoms with Crippen molar-refractivity contribution in [2.24, 2.45) is 0 Å². The Balaban J connectivity index is 1.19. The van der Waals surface area contributed by atoms with Crippen LogP contribution >= 0.6 is 0 Å². The summed E-state index contributed by atoms with van der Waals surface area (Å²) in [6.07, 6.45) is 0.217. The average Bonchev–Trinajstić information content (AvgIpc) is 3.38. The van der Waals surface area contributed by atoms with Gasteiger partial charge in [0.15, 0.2) is 5.69 Å². The molecule has 0 saturated heterocycles. The van der Waals surface area contributed by atoms with Gasteiger partial charge in [0.25, 0.3) is 0 Å². The molecule has 4 aromatic rings. The van der Waals surface area contributed by atoms with Crippen molar-refractivity contribution >= 4 is 11.9 Å². The highest BCUT2D eigenvalue weighted by molar-refractivity contribution is 5.99. The van der Waals surface area contributed by atoms with Crippen molar-refractivity contribution in [3.05, 3.63) is 94.9 Å². The number of nitrogens with zero attached hydrogens (tertiary/aromatic N) is 4. The van der Waals surface area contributed by atoms with E-state index in [2.05, 4.69) is 38.3 Å². The molecule has 1 aliphatic rings. The third-order valence-corrected chi connectivity index (χ3v) is 7.08. The van der Waals surface area contributed by atoms with E-state index in [1.54, 1.807) is 30.6 Å². The molecule has 11 heteroatoms. The number of nitriles is 1. The van der Waals surface area contributed by atoms with Crippen molar-refractivity contribution < 1.29 is 27.5 Å². The maximum Gasteiger partial charge on any atom is 0.491 e. The Labute approximate surface area is 239 Å². The molecule has 0 radical (unpaired) electrons. The summed E-state index contributed by atoms with van der Waals surface area (Å²) in [4.78, 5) is 28.3. The van der Waals surface area contributed by atoms with Crippen molar-refractivity contribution in [1.82, 2.24) is 20.1 Å². The van der Waals surface area contributed by atoms with Crippen LogP contribution in [-0.4, -0.2) is 46.0 Å². The van der Waals surface area contributed by atoms with Crippen LogP contribution in [0.3, 0.4) is 0 Å². The minimum absolute atomic E-state index is 0.132. The Hall–Kier alpha value is -4.82. The molecule has 214 valence electrons. The van der Waals surface area contributed by atoms with Gasteiger partial charge in [-0.25, -0.2) is 9.59 Å². The van der Waals surface area contributed by atoms with E-state index in [0.29, 0.717) is 49.2 Å². The number of nitrogens with one attached hydrogen (secondary N) is 1. The summed E-state index contributed by atoms with van der Waals surface area (Å²) >= 11 is 0. The lowest BCUT2D eigenvalue weighted by Crippen LogP contribution is -2.29. The summed E-state index contributed by atoms with van der Waals surface area (Å²) in [6, 6.07) is 19.4. The number of carbonyl (C=O) groups excluding carboxylic acids is 2. The largest absolute Gasteiger partial charge is 0.491 e. The number of pyridine rings is 1. The highest BCUT2D eigenvalue weighted by atomic mass is 19.4. The molecule has 2 heterocycles. The average molecular weight is 574 g/mol. The number of rotatable bonds is 9. The maximum absolute atomic E-state index is 12.8. The molecular weight excluding hydrogens is 547 g/mol. The Morgan fingerprint density at radius 1 is 1.00 bits per heavy atom. The van der Waals surface area contributed by atoms with Crippen LogP contribution in [-0.2, 0) is 35.3 Å². The molecule has 1 N–H and O–H groups in total. The second-order valence-corrected chi connectivity index (χ2v) is 9.85. The number of carbonyl (C=O) groups is 2. The Bertz CT molecular complexity index is 1640. The minimum Gasteiger partial charge on any atom is -0.381 e. The normalized spacial score (nSPS) is 12.2. The third kappa shape index (κ3) is 6.39. The molecule has 2 aromatic heterocycles. The fourth-order valence-electron chi connectivity index (χ4n) is 4.96. The van der Waals surface area contributed by atoms with Gasteiger partial charge in [0.1, 0.15) is 0 Å². The molecule has 5 rings (SSSR count). The molecule has 42 heavy (non-hydrogen) atoms. The molecule has 0 atom stereocenters. The molecule has 0 unspecified atom stereocenters. The molecule has 0 aliphatic heterocycles. The summed E-state index contributed by atoms with van der Waals surface area (Å²) in [5.74, 6) is -3.91. The first-order valence-corrected chi connectivity index (χ1v) is 13.4.